The number of halogens is 1. The Morgan fingerprint density at radius 3 is 2.50 bits per heavy atom. The van der Waals surface area contributed by atoms with E-state index in [0.717, 1.165) is 11.3 Å². The second-order valence-electron chi connectivity index (χ2n) is 4.46. The summed E-state index contributed by atoms with van der Waals surface area (Å²) in [7, 11) is 0. The average molecular weight is 287 g/mol. The van der Waals surface area contributed by atoms with Crippen LogP contribution in [0.25, 0.3) is 11.3 Å². The van der Waals surface area contributed by atoms with E-state index < -0.39 is 0 Å². The van der Waals surface area contributed by atoms with Gasteiger partial charge in [-0.05, 0) is 25.1 Å². The molecule has 1 amide bonds. The number of hydrogen-bond acceptors (Lipinski definition) is 4. The van der Waals surface area contributed by atoms with Gasteiger partial charge in [-0.25, -0.2) is 15.4 Å². The maximum absolute atomic E-state index is 11.2. The third-order valence-electron chi connectivity index (χ3n) is 2.92. The number of carbonyl (C=O) groups excluding carboxylic acids is 1. The van der Waals surface area contributed by atoms with Crippen molar-refractivity contribution in [3.8, 4) is 11.3 Å². The summed E-state index contributed by atoms with van der Waals surface area (Å²) in [4.78, 5) is 20.0. The number of hydrazone groups is 1. The van der Waals surface area contributed by atoms with Crippen LogP contribution in [-0.4, -0.2) is 21.6 Å². The van der Waals surface area contributed by atoms with Crippen molar-refractivity contribution >= 4 is 23.2 Å². The van der Waals surface area contributed by atoms with Crippen LogP contribution >= 0.6 is 11.6 Å². The molecule has 0 bridgehead atoms. The Morgan fingerprint density at radius 2 is 1.85 bits per heavy atom. The molecule has 0 spiro atoms. The SMILES string of the molecule is Cc1nc(C2=NNC(=O)C2)cc(-c2ccc(Cl)cc2)n1. The van der Waals surface area contributed by atoms with E-state index in [-0.39, 0.29) is 12.3 Å². The lowest BCUT2D eigenvalue weighted by atomic mass is 10.1. The number of aryl methyl sites for hydroxylation is 1. The number of hydrogen-bond donors (Lipinski definition) is 1. The molecule has 20 heavy (non-hydrogen) atoms. The minimum absolute atomic E-state index is 0.121. The molecule has 0 unspecified atom stereocenters. The van der Waals surface area contributed by atoms with Gasteiger partial charge in [-0.2, -0.15) is 5.10 Å². The largest absolute Gasteiger partial charge is 0.273 e. The molecule has 6 heteroatoms. The lowest BCUT2D eigenvalue weighted by Crippen LogP contribution is -2.10. The molecule has 0 radical (unpaired) electrons. The second kappa shape index (κ2) is 5.02. The van der Waals surface area contributed by atoms with Gasteiger partial charge in [0.05, 0.1) is 23.5 Å². The number of nitrogens with one attached hydrogen (secondary N) is 1. The highest BCUT2D eigenvalue weighted by atomic mass is 35.5. The zero-order chi connectivity index (χ0) is 14.1. The Bertz CT molecular complexity index is 710. The van der Waals surface area contributed by atoms with Gasteiger partial charge in [0.25, 0.3) is 0 Å². The first-order valence-corrected chi connectivity index (χ1v) is 6.47. The number of nitrogens with zero attached hydrogens (tertiary/aromatic N) is 3. The summed E-state index contributed by atoms with van der Waals surface area (Å²) in [5.74, 6) is 0.513. The van der Waals surface area contributed by atoms with Crippen LogP contribution in [-0.2, 0) is 4.79 Å². The fourth-order valence-corrected chi connectivity index (χ4v) is 2.12. The molecule has 1 N–H and O–H groups in total. The van der Waals surface area contributed by atoms with E-state index in [9.17, 15) is 4.79 Å². The van der Waals surface area contributed by atoms with Crippen LogP contribution in [0.15, 0.2) is 35.4 Å². The van der Waals surface area contributed by atoms with Crippen LogP contribution in [0.5, 0.6) is 0 Å². The molecular formula is C14H11ClN4O. The first-order valence-electron chi connectivity index (χ1n) is 6.09. The summed E-state index contributed by atoms with van der Waals surface area (Å²) in [5, 5.41) is 4.66. The molecule has 100 valence electrons. The van der Waals surface area contributed by atoms with Gasteiger partial charge in [-0.3, -0.25) is 4.79 Å². The highest BCUT2D eigenvalue weighted by molar-refractivity contribution is 6.30. The van der Waals surface area contributed by atoms with Crippen molar-refractivity contribution in [2.45, 2.75) is 13.3 Å². The molecule has 0 aliphatic carbocycles. The van der Waals surface area contributed by atoms with Crippen molar-refractivity contribution in [2.24, 2.45) is 5.10 Å². The summed E-state index contributed by atoms with van der Waals surface area (Å²) < 4.78 is 0. The molecule has 1 aromatic carbocycles. The topological polar surface area (TPSA) is 67.2 Å². The van der Waals surface area contributed by atoms with Crippen molar-refractivity contribution < 1.29 is 4.79 Å². The first kappa shape index (κ1) is 12.7. The van der Waals surface area contributed by atoms with E-state index in [0.29, 0.717) is 22.3 Å². The Kier molecular flexibility index (Phi) is 3.20. The number of benzene rings is 1. The Labute approximate surface area is 120 Å². The highest BCUT2D eigenvalue weighted by Gasteiger charge is 2.18. The predicted octanol–water partition coefficient (Wildman–Crippen LogP) is 2.33. The van der Waals surface area contributed by atoms with Gasteiger partial charge in [0.1, 0.15) is 5.82 Å². The van der Waals surface area contributed by atoms with Crippen LogP contribution in [0.4, 0.5) is 0 Å². The Morgan fingerprint density at radius 1 is 1.15 bits per heavy atom. The summed E-state index contributed by atoms with van der Waals surface area (Å²) in [5.41, 5.74) is 5.45. The van der Waals surface area contributed by atoms with Crippen LogP contribution in [0.2, 0.25) is 5.02 Å². The van der Waals surface area contributed by atoms with E-state index in [2.05, 4.69) is 20.5 Å². The third kappa shape index (κ3) is 2.53. The normalized spacial score (nSPS) is 14.1. The van der Waals surface area contributed by atoms with Crippen molar-refractivity contribution in [1.82, 2.24) is 15.4 Å². The van der Waals surface area contributed by atoms with Crippen molar-refractivity contribution in [1.29, 1.82) is 0 Å². The smallest absolute Gasteiger partial charge is 0.246 e. The molecular weight excluding hydrogens is 276 g/mol. The number of rotatable bonds is 2. The molecule has 3 rings (SSSR count). The standard InChI is InChI=1S/C14H11ClN4O/c1-8-16-11(9-2-4-10(15)5-3-9)6-12(17-8)13-7-14(20)19-18-13/h2-6H,7H2,1H3,(H,19,20). The zero-order valence-corrected chi connectivity index (χ0v) is 11.5. The summed E-state index contributed by atoms with van der Waals surface area (Å²) in [6, 6.07) is 9.25. The van der Waals surface area contributed by atoms with Crippen LogP contribution in [0.3, 0.4) is 0 Å². The van der Waals surface area contributed by atoms with Crippen LogP contribution < -0.4 is 5.43 Å². The van der Waals surface area contributed by atoms with Crippen LogP contribution in [0, 0.1) is 6.92 Å². The molecule has 1 aliphatic rings. The Balaban J connectivity index is 2.02. The van der Waals surface area contributed by atoms with E-state index >= 15 is 0 Å². The Hall–Kier alpha value is -2.27. The van der Waals surface area contributed by atoms with Crippen LogP contribution in [0.1, 0.15) is 17.9 Å². The third-order valence-corrected chi connectivity index (χ3v) is 3.17. The fourth-order valence-electron chi connectivity index (χ4n) is 1.99. The van der Waals surface area contributed by atoms with Gasteiger partial charge < -0.3 is 0 Å². The number of amides is 1. The molecule has 0 fully saturated rings. The average Bonchev–Trinajstić information content (AvgIpc) is 2.85. The second-order valence-corrected chi connectivity index (χ2v) is 4.90. The van der Waals surface area contributed by atoms with Gasteiger partial charge >= 0.3 is 0 Å². The van der Waals surface area contributed by atoms with Gasteiger partial charge in [0, 0.05) is 10.6 Å². The van der Waals surface area contributed by atoms with Gasteiger partial charge in [0.15, 0.2) is 0 Å². The lowest BCUT2D eigenvalue weighted by Gasteiger charge is -2.05. The number of aromatic nitrogens is 2. The molecule has 5 nitrogen and oxygen atoms in total. The highest BCUT2D eigenvalue weighted by Crippen LogP contribution is 2.21. The minimum atomic E-state index is -0.121. The summed E-state index contributed by atoms with van der Waals surface area (Å²) in [6.45, 7) is 1.81. The summed E-state index contributed by atoms with van der Waals surface area (Å²) in [6.07, 6.45) is 0.247. The van der Waals surface area contributed by atoms with Crippen molar-refractivity contribution in [3.63, 3.8) is 0 Å². The summed E-state index contributed by atoms with van der Waals surface area (Å²) >= 11 is 5.88. The van der Waals surface area contributed by atoms with E-state index in [4.69, 9.17) is 11.6 Å². The zero-order valence-electron chi connectivity index (χ0n) is 10.7. The van der Waals surface area contributed by atoms with E-state index in [1.54, 1.807) is 0 Å². The van der Waals surface area contributed by atoms with Gasteiger partial charge in [0.2, 0.25) is 5.91 Å². The molecule has 0 saturated heterocycles. The molecule has 1 aliphatic heterocycles. The quantitative estimate of drug-likeness (QED) is 0.921. The fraction of sp³-hybridized carbons (Fsp3) is 0.143. The minimum Gasteiger partial charge on any atom is -0.273 e. The predicted molar refractivity (Wildman–Crippen MR) is 76.5 cm³/mol. The molecule has 2 heterocycles. The van der Waals surface area contributed by atoms with E-state index in [1.807, 2.05) is 37.3 Å². The number of carbonyl (C=O) groups is 1. The van der Waals surface area contributed by atoms with Crippen molar-refractivity contribution in [2.75, 3.05) is 0 Å². The first-order chi connectivity index (χ1) is 9.61. The van der Waals surface area contributed by atoms with Gasteiger partial charge in [-0.15, -0.1) is 0 Å². The molecule has 0 saturated carbocycles. The van der Waals surface area contributed by atoms with E-state index in [1.165, 1.54) is 0 Å². The monoisotopic (exact) mass is 286 g/mol. The molecule has 1 aromatic heterocycles. The molecule has 0 atom stereocenters. The maximum Gasteiger partial charge on any atom is 0.246 e. The maximum atomic E-state index is 11.2. The van der Waals surface area contributed by atoms with Crippen molar-refractivity contribution in [3.05, 3.63) is 46.9 Å². The lowest BCUT2D eigenvalue weighted by molar-refractivity contribution is -0.119. The van der Waals surface area contributed by atoms with Gasteiger partial charge in [-0.1, -0.05) is 23.7 Å². The molecule has 2 aromatic rings.